The third kappa shape index (κ3) is 4.66. The molecular weight excluding hydrogens is 613 g/mol. The maximum absolute atomic E-state index is 6.92. The van der Waals surface area contributed by atoms with E-state index < -0.39 is 0 Å². The molecule has 50 heavy (non-hydrogen) atoms. The van der Waals surface area contributed by atoms with Crippen molar-refractivity contribution in [1.82, 2.24) is 19.5 Å². The molecule has 0 fully saturated rings. The van der Waals surface area contributed by atoms with Crippen LogP contribution in [-0.4, -0.2) is 25.6 Å². The number of allylic oxidation sites excluding steroid dienone is 2. The van der Waals surface area contributed by atoms with E-state index in [1.165, 1.54) is 27.5 Å². The van der Waals surface area contributed by atoms with Crippen molar-refractivity contribution in [3.05, 3.63) is 181 Å². The van der Waals surface area contributed by atoms with Crippen LogP contribution in [0, 0.1) is 0 Å². The fraction of sp³-hybridized carbons (Fsp3) is 0.0444. The number of para-hydroxylation sites is 2. The Morgan fingerprint density at radius 2 is 1.12 bits per heavy atom. The highest BCUT2D eigenvalue weighted by Crippen LogP contribution is 2.48. The van der Waals surface area contributed by atoms with Crippen molar-refractivity contribution in [3.8, 4) is 45.3 Å². The average Bonchev–Trinajstić information content (AvgIpc) is 3.74. The first kappa shape index (κ1) is 28.4. The van der Waals surface area contributed by atoms with E-state index >= 15 is 0 Å². The van der Waals surface area contributed by atoms with Crippen LogP contribution in [0.5, 0.6) is 5.75 Å². The summed E-state index contributed by atoms with van der Waals surface area (Å²) in [7, 11) is 0. The standard InChI is InChI=1S/C45H30N4O/c1-4-13-29(14-5-1)32-24-26-39-37(27-32)34-19-10-11-21-38(34)49(39)40-22-12-20-36-35-25-23-33(28-41(35)50-42(36)40)45-47-43(30-15-6-2-7-16-30)46-44(48-45)31-17-8-3-9-18-31/h1-28,35,41H. The van der Waals surface area contributed by atoms with E-state index in [0.717, 1.165) is 39.2 Å². The van der Waals surface area contributed by atoms with Crippen LogP contribution in [0.2, 0.25) is 0 Å². The fourth-order valence-electron chi connectivity index (χ4n) is 7.42. The molecule has 5 nitrogen and oxygen atoms in total. The second-order valence-corrected chi connectivity index (χ2v) is 12.8. The van der Waals surface area contributed by atoms with Crippen LogP contribution in [0.3, 0.4) is 0 Å². The molecule has 236 valence electrons. The van der Waals surface area contributed by atoms with Crippen LogP contribution in [0.4, 0.5) is 0 Å². The molecule has 6 aromatic carbocycles. The summed E-state index contributed by atoms with van der Waals surface area (Å²) in [6.07, 6.45) is 6.35. The minimum atomic E-state index is -0.193. The molecule has 1 aliphatic carbocycles. The van der Waals surface area contributed by atoms with Gasteiger partial charge in [-0.1, -0.05) is 140 Å². The molecule has 2 aliphatic rings. The Hall–Kier alpha value is -6.59. The number of hydrogen-bond donors (Lipinski definition) is 0. The van der Waals surface area contributed by atoms with E-state index in [-0.39, 0.29) is 12.0 Å². The quantitative estimate of drug-likeness (QED) is 0.187. The number of nitrogens with zero attached hydrogens (tertiary/aromatic N) is 4. The van der Waals surface area contributed by atoms with Gasteiger partial charge in [0.05, 0.1) is 16.7 Å². The van der Waals surface area contributed by atoms with Gasteiger partial charge in [0.15, 0.2) is 17.5 Å². The lowest BCUT2D eigenvalue weighted by Gasteiger charge is -2.18. The van der Waals surface area contributed by atoms with E-state index in [4.69, 9.17) is 19.7 Å². The Kier molecular flexibility index (Phi) is 6.56. The lowest BCUT2D eigenvalue weighted by atomic mass is 9.89. The highest BCUT2D eigenvalue weighted by Gasteiger charge is 2.36. The topological polar surface area (TPSA) is 52.8 Å². The van der Waals surface area contributed by atoms with Gasteiger partial charge in [0.1, 0.15) is 11.9 Å². The van der Waals surface area contributed by atoms with Crippen molar-refractivity contribution >= 4 is 27.4 Å². The zero-order chi connectivity index (χ0) is 33.0. The van der Waals surface area contributed by atoms with Crippen molar-refractivity contribution in [2.24, 2.45) is 0 Å². The molecule has 10 rings (SSSR count). The van der Waals surface area contributed by atoms with Crippen LogP contribution >= 0.6 is 0 Å². The summed E-state index contributed by atoms with van der Waals surface area (Å²) >= 11 is 0. The molecule has 0 saturated heterocycles. The number of rotatable bonds is 5. The van der Waals surface area contributed by atoms with Crippen molar-refractivity contribution in [2.45, 2.75) is 12.0 Å². The molecule has 2 aromatic heterocycles. The molecule has 0 radical (unpaired) electrons. The summed E-state index contributed by atoms with van der Waals surface area (Å²) < 4.78 is 9.27. The first-order valence-corrected chi connectivity index (χ1v) is 16.9. The Balaban J connectivity index is 1.07. The molecule has 0 N–H and O–H groups in total. The Morgan fingerprint density at radius 1 is 0.500 bits per heavy atom. The van der Waals surface area contributed by atoms with Crippen LogP contribution in [0.25, 0.3) is 67.0 Å². The van der Waals surface area contributed by atoms with E-state index in [1.807, 2.05) is 60.7 Å². The summed E-state index contributed by atoms with van der Waals surface area (Å²) in [5, 5.41) is 2.43. The second-order valence-electron chi connectivity index (χ2n) is 12.8. The lowest BCUT2D eigenvalue weighted by Crippen LogP contribution is -2.18. The summed E-state index contributed by atoms with van der Waals surface area (Å²) in [5.41, 5.74) is 9.74. The molecule has 0 saturated carbocycles. The van der Waals surface area contributed by atoms with Gasteiger partial charge in [-0.05, 0) is 41.5 Å². The molecule has 5 heteroatoms. The number of fused-ring (bicyclic) bond motifs is 6. The van der Waals surface area contributed by atoms with Gasteiger partial charge < -0.3 is 9.30 Å². The van der Waals surface area contributed by atoms with Crippen LogP contribution in [-0.2, 0) is 0 Å². The normalized spacial score (nSPS) is 16.2. The van der Waals surface area contributed by atoms with Gasteiger partial charge in [0, 0.05) is 39.0 Å². The minimum absolute atomic E-state index is 0.0792. The first-order chi connectivity index (χ1) is 24.8. The third-order valence-electron chi connectivity index (χ3n) is 9.80. The predicted molar refractivity (Wildman–Crippen MR) is 201 cm³/mol. The fourth-order valence-corrected chi connectivity index (χ4v) is 7.42. The number of hydrogen-bond acceptors (Lipinski definition) is 4. The number of benzene rings is 6. The van der Waals surface area contributed by atoms with Gasteiger partial charge >= 0.3 is 0 Å². The molecule has 0 spiro atoms. The molecule has 2 unspecified atom stereocenters. The highest BCUT2D eigenvalue weighted by molar-refractivity contribution is 6.10. The Bertz CT molecular complexity index is 2570. The van der Waals surface area contributed by atoms with Gasteiger partial charge in [0.25, 0.3) is 0 Å². The Morgan fingerprint density at radius 3 is 1.84 bits per heavy atom. The van der Waals surface area contributed by atoms with Crippen LogP contribution < -0.4 is 4.74 Å². The molecule has 0 bridgehead atoms. The van der Waals surface area contributed by atoms with Crippen molar-refractivity contribution in [3.63, 3.8) is 0 Å². The maximum atomic E-state index is 6.92. The lowest BCUT2D eigenvalue weighted by molar-refractivity contribution is 0.269. The molecule has 0 amide bonds. The molecule has 1 aliphatic heterocycles. The highest BCUT2D eigenvalue weighted by atomic mass is 16.5. The molecule has 2 atom stereocenters. The number of aromatic nitrogens is 4. The zero-order valence-corrected chi connectivity index (χ0v) is 27.0. The molecule has 8 aromatic rings. The van der Waals surface area contributed by atoms with E-state index in [2.05, 4.69) is 114 Å². The summed E-state index contributed by atoms with van der Waals surface area (Å²) in [6, 6.07) is 52.7. The minimum Gasteiger partial charge on any atom is -0.483 e. The van der Waals surface area contributed by atoms with Gasteiger partial charge in [-0.2, -0.15) is 0 Å². The van der Waals surface area contributed by atoms with Crippen molar-refractivity contribution in [2.75, 3.05) is 0 Å². The largest absolute Gasteiger partial charge is 0.483 e. The van der Waals surface area contributed by atoms with Crippen LogP contribution in [0.15, 0.2) is 170 Å². The van der Waals surface area contributed by atoms with Crippen molar-refractivity contribution < 1.29 is 4.74 Å². The van der Waals surface area contributed by atoms with Crippen molar-refractivity contribution in [1.29, 1.82) is 0 Å². The second kappa shape index (κ2) is 11.5. The monoisotopic (exact) mass is 642 g/mol. The number of ether oxygens (including phenoxy) is 1. The van der Waals surface area contributed by atoms with E-state index in [1.54, 1.807) is 0 Å². The van der Waals surface area contributed by atoms with Gasteiger partial charge in [-0.15, -0.1) is 0 Å². The summed E-state index contributed by atoms with van der Waals surface area (Å²) in [4.78, 5) is 14.8. The van der Waals surface area contributed by atoms with Gasteiger partial charge in [0.2, 0.25) is 0 Å². The van der Waals surface area contributed by atoms with E-state index in [0.29, 0.717) is 17.5 Å². The summed E-state index contributed by atoms with van der Waals surface area (Å²) in [6.45, 7) is 0. The SMILES string of the molecule is C1=CC2c3cccc(-n4c5ccccc5c5cc(-c6ccccc6)ccc54)c3OC2C=C1c1nc(-c2ccccc2)nc(-c2ccccc2)n1. The first-order valence-electron chi connectivity index (χ1n) is 16.9. The van der Waals surface area contributed by atoms with E-state index in [9.17, 15) is 0 Å². The van der Waals surface area contributed by atoms with Crippen LogP contribution in [0.1, 0.15) is 17.3 Å². The average molecular weight is 643 g/mol. The third-order valence-corrected chi connectivity index (χ3v) is 9.80. The zero-order valence-electron chi connectivity index (χ0n) is 27.0. The smallest absolute Gasteiger partial charge is 0.164 e. The molecular formula is C45H30N4O. The maximum Gasteiger partial charge on any atom is 0.164 e. The predicted octanol–water partition coefficient (Wildman–Crippen LogP) is 10.5. The van der Waals surface area contributed by atoms with Gasteiger partial charge in [-0.3, -0.25) is 0 Å². The molecule has 3 heterocycles. The van der Waals surface area contributed by atoms with Gasteiger partial charge in [-0.25, -0.2) is 15.0 Å². The Labute approximate surface area is 289 Å². The summed E-state index contributed by atoms with van der Waals surface area (Å²) in [5.74, 6) is 2.90.